The van der Waals surface area contributed by atoms with Gasteiger partial charge in [-0.25, -0.2) is 0 Å². The minimum atomic E-state index is -0.449. The first-order valence-electron chi connectivity index (χ1n) is 10.0. The number of phenolic OH excluding ortho intramolecular Hbond substituents is 1. The Morgan fingerprint density at radius 1 is 1.03 bits per heavy atom. The van der Waals surface area contributed by atoms with Crippen LogP contribution in [0.1, 0.15) is 25.3 Å². The van der Waals surface area contributed by atoms with Crippen LogP contribution in [0.15, 0.2) is 65.1 Å². The molecular formula is C23H23N4O4+. The summed E-state index contributed by atoms with van der Waals surface area (Å²) < 4.78 is 5.83. The van der Waals surface area contributed by atoms with Gasteiger partial charge in [-0.15, -0.1) is 10.2 Å². The van der Waals surface area contributed by atoms with Crippen molar-refractivity contribution in [2.75, 3.05) is 0 Å². The molecule has 0 saturated carbocycles. The fourth-order valence-electron chi connectivity index (χ4n) is 3.57. The number of hydrogen-bond donors (Lipinski definition) is 2. The number of phenols is 1. The fourth-order valence-corrected chi connectivity index (χ4v) is 3.57. The lowest BCUT2D eigenvalue weighted by atomic mass is 10.0. The Morgan fingerprint density at radius 3 is 2.48 bits per heavy atom. The van der Waals surface area contributed by atoms with Crippen LogP contribution in [0.3, 0.4) is 0 Å². The highest BCUT2D eigenvalue weighted by Gasteiger charge is 2.22. The first-order valence-corrected chi connectivity index (χ1v) is 10.0. The third-order valence-corrected chi connectivity index (χ3v) is 5.41. The van der Waals surface area contributed by atoms with Crippen LogP contribution < -0.4 is 4.90 Å². The molecule has 1 unspecified atom stereocenters. The molecule has 8 heteroatoms. The lowest BCUT2D eigenvalue weighted by Crippen LogP contribution is -3.12. The normalized spacial score (nSPS) is 12.4. The number of hydrogen-bond acceptors (Lipinski definition) is 6. The van der Waals surface area contributed by atoms with Gasteiger partial charge in [0, 0.05) is 17.7 Å². The molecular weight excluding hydrogens is 396 g/mol. The van der Waals surface area contributed by atoms with E-state index in [4.69, 9.17) is 4.42 Å². The number of aromatic nitrogens is 2. The highest BCUT2D eigenvalue weighted by atomic mass is 16.6. The predicted octanol–water partition coefficient (Wildman–Crippen LogP) is 3.50. The molecule has 1 heterocycles. The van der Waals surface area contributed by atoms with Gasteiger partial charge in [-0.1, -0.05) is 30.3 Å². The first-order chi connectivity index (χ1) is 14.9. The quantitative estimate of drug-likeness (QED) is 0.351. The first kappa shape index (κ1) is 20.5. The van der Waals surface area contributed by atoms with Gasteiger partial charge in [-0.05, 0) is 42.8 Å². The van der Waals surface area contributed by atoms with Gasteiger partial charge in [0.15, 0.2) is 6.54 Å². The van der Waals surface area contributed by atoms with E-state index in [1.807, 2.05) is 30.3 Å². The fraction of sp³-hybridized carbons (Fsp3) is 0.217. The van der Waals surface area contributed by atoms with Crippen LogP contribution in [0.2, 0.25) is 0 Å². The maximum atomic E-state index is 10.8. The number of fused-ring (bicyclic) bond motifs is 1. The van der Waals surface area contributed by atoms with Crippen molar-refractivity contribution in [2.24, 2.45) is 0 Å². The minimum absolute atomic E-state index is 0.00816. The third-order valence-electron chi connectivity index (χ3n) is 5.41. The number of nitro benzene ring substituents is 1. The van der Waals surface area contributed by atoms with E-state index in [0.29, 0.717) is 30.4 Å². The van der Waals surface area contributed by atoms with E-state index in [9.17, 15) is 15.2 Å². The summed E-state index contributed by atoms with van der Waals surface area (Å²) >= 11 is 0. The van der Waals surface area contributed by atoms with Crippen LogP contribution in [0.4, 0.5) is 5.69 Å². The average Bonchev–Trinajstić information content (AvgIpc) is 3.23. The van der Waals surface area contributed by atoms with E-state index in [-0.39, 0.29) is 17.5 Å². The van der Waals surface area contributed by atoms with Gasteiger partial charge in [0.05, 0.1) is 16.5 Å². The SMILES string of the molecule is CC(C)[NH+](Cc1nnc(-c2ccc([N+](=O)[O-])cc2)o1)Cc1c(O)ccc2ccccc12. The van der Waals surface area contributed by atoms with E-state index in [1.54, 1.807) is 18.2 Å². The van der Waals surface area contributed by atoms with Gasteiger partial charge in [-0.3, -0.25) is 10.1 Å². The highest BCUT2D eigenvalue weighted by Crippen LogP contribution is 2.26. The summed E-state index contributed by atoms with van der Waals surface area (Å²) in [6, 6.07) is 17.9. The van der Waals surface area contributed by atoms with Crippen molar-refractivity contribution in [2.45, 2.75) is 33.0 Å². The topological polar surface area (TPSA) is 107 Å². The van der Waals surface area contributed by atoms with Gasteiger partial charge in [0.25, 0.3) is 11.6 Å². The molecule has 1 aromatic heterocycles. The molecule has 0 aliphatic heterocycles. The zero-order valence-electron chi connectivity index (χ0n) is 17.3. The highest BCUT2D eigenvalue weighted by molar-refractivity contribution is 5.87. The van der Waals surface area contributed by atoms with Crippen LogP contribution >= 0.6 is 0 Å². The lowest BCUT2D eigenvalue weighted by molar-refractivity contribution is -0.949. The van der Waals surface area contributed by atoms with Gasteiger partial charge in [0.2, 0.25) is 5.89 Å². The Labute approximate surface area is 178 Å². The molecule has 4 aromatic rings. The summed E-state index contributed by atoms with van der Waals surface area (Å²) in [5, 5.41) is 31.7. The van der Waals surface area contributed by atoms with Crippen molar-refractivity contribution in [1.82, 2.24) is 10.2 Å². The number of rotatable bonds is 7. The second-order valence-corrected chi connectivity index (χ2v) is 7.76. The molecule has 0 fully saturated rings. The molecule has 0 saturated heterocycles. The zero-order chi connectivity index (χ0) is 22.0. The standard InChI is InChI=1S/C23H22N4O4/c1-15(2)26(13-20-19-6-4-3-5-16(19)9-12-21(20)28)14-22-24-25-23(31-22)17-7-10-18(11-8-17)27(29)30/h3-12,15,28H,13-14H2,1-2H3/p+1. The summed E-state index contributed by atoms with van der Waals surface area (Å²) in [6.07, 6.45) is 0. The summed E-state index contributed by atoms with van der Waals surface area (Å²) in [7, 11) is 0. The number of nitrogens with zero attached hydrogens (tertiary/aromatic N) is 3. The van der Waals surface area contributed by atoms with Crippen molar-refractivity contribution in [3.05, 3.63) is 82.2 Å². The third kappa shape index (κ3) is 4.39. The molecule has 2 N–H and O–H groups in total. The molecule has 4 rings (SSSR count). The maximum absolute atomic E-state index is 10.8. The smallest absolute Gasteiger partial charge is 0.271 e. The summed E-state index contributed by atoms with van der Waals surface area (Å²) in [6.45, 7) is 5.29. The maximum Gasteiger partial charge on any atom is 0.271 e. The van der Waals surface area contributed by atoms with Crippen molar-refractivity contribution in [3.8, 4) is 17.2 Å². The number of nitro groups is 1. The Balaban J connectivity index is 1.56. The molecule has 31 heavy (non-hydrogen) atoms. The van der Waals surface area contributed by atoms with Crippen molar-refractivity contribution in [3.63, 3.8) is 0 Å². The molecule has 3 aromatic carbocycles. The molecule has 0 bridgehead atoms. The van der Waals surface area contributed by atoms with E-state index in [1.165, 1.54) is 12.1 Å². The Bertz CT molecular complexity index is 1220. The van der Waals surface area contributed by atoms with Gasteiger partial charge < -0.3 is 14.4 Å². The molecule has 0 aliphatic rings. The number of quaternary nitrogens is 1. The lowest BCUT2D eigenvalue weighted by Gasteiger charge is -2.23. The molecule has 0 radical (unpaired) electrons. The van der Waals surface area contributed by atoms with Crippen LogP contribution in [-0.4, -0.2) is 26.3 Å². The Morgan fingerprint density at radius 2 is 1.77 bits per heavy atom. The van der Waals surface area contributed by atoms with Crippen LogP contribution in [0.25, 0.3) is 22.2 Å². The summed E-state index contributed by atoms with van der Waals surface area (Å²) in [5.41, 5.74) is 1.52. The summed E-state index contributed by atoms with van der Waals surface area (Å²) in [5.74, 6) is 1.06. The van der Waals surface area contributed by atoms with Crippen LogP contribution in [-0.2, 0) is 13.1 Å². The van der Waals surface area contributed by atoms with Gasteiger partial charge in [0.1, 0.15) is 12.3 Å². The van der Waals surface area contributed by atoms with E-state index < -0.39 is 4.92 Å². The number of aromatic hydroxyl groups is 1. The van der Waals surface area contributed by atoms with E-state index in [0.717, 1.165) is 21.2 Å². The van der Waals surface area contributed by atoms with Crippen molar-refractivity contribution < 1.29 is 19.3 Å². The molecule has 0 aliphatic carbocycles. The van der Waals surface area contributed by atoms with Gasteiger partial charge >= 0.3 is 0 Å². The predicted molar refractivity (Wildman–Crippen MR) is 116 cm³/mol. The minimum Gasteiger partial charge on any atom is -0.507 e. The van der Waals surface area contributed by atoms with Crippen molar-refractivity contribution in [1.29, 1.82) is 0 Å². The molecule has 158 valence electrons. The number of nitrogens with one attached hydrogen (secondary N) is 1. The van der Waals surface area contributed by atoms with Crippen molar-refractivity contribution >= 4 is 16.5 Å². The second kappa shape index (κ2) is 8.53. The Kier molecular flexibility index (Phi) is 5.64. The average molecular weight is 419 g/mol. The Hall–Kier alpha value is -3.78. The largest absolute Gasteiger partial charge is 0.507 e. The number of non-ortho nitro benzene ring substituents is 1. The second-order valence-electron chi connectivity index (χ2n) is 7.76. The summed E-state index contributed by atoms with van der Waals surface area (Å²) in [4.78, 5) is 11.5. The zero-order valence-corrected chi connectivity index (χ0v) is 17.3. The molecule has 1 atom stereocenters. The van der Waals surface area contributed by atoms with E-state index in [2.05, 4.69) is 24.0 Å². The van der Waals surface area contributed by atoms with E-state index >= 15 is 0 Å². The molecule has 0 spiro atoms. The van der Waals surface area contributed by atoms with Crippen LogP contribution in [0.5, 0.6) is 5.75 Å². The monoisotopic (exact) mass is 419 g/mol. The number of benzene rings is 3. The molecule has 0 amide bonds. The van der Waals surface area contributed by atoms with Gasteiger partial charge in [-0.2, -0.15) is 0 Å². The van der Waals surface area contributed by atoms with Crippen LogP contribution in [0, 0.1) is 10.1 Å². The molecule has 8 nitrogen and oxygen atoms in total.